The van der Waals surface area contributed by atoms with Crippen LogP contribution in [0.15, 0.2) is 48.5 Å². The minimum absolute atomic E-state index is 0.538. The zero-order valence-corrected chi connectivity index (χ0v) is 13.6. The van der Waals surface area contributed by atoms with E-state index in [0.717, 1.165) is 0 Å². The topological polar surface area (TPSA) is 0 Å². The van der Waals surface area contributed by atoms with Crippen LogP contribution in [0.2, 0.25) is 0 Å². The van der Waals surface area contributed by atoms with E-state index in [0.29, 0.717) is 5.92 Å². The molecule has 0 nitrogen and oxygen atoms in total. The summed E-state index contributed by atoms with van der Waals surface area (Å²) in [4.78, 5) is 0. The molecular formula is C20H28. The summed E-state index contributed by atoms with van der Waals surface area (Å²) in [5.41, 5.74) is 5.54. The third-order valence-electron chi connectivity index (χ3n) is 3.54. The fraction of sp³-hybridized carbons (Fsp3) is 0.400. The van der Waals surface area contributed by atoms with Crippen molar-refractivity contribution < 1.29 is 0 Å². The van der Waals surface area contributed by atoms with E-state index in [2.05, 4.69) is 69.3 Å². The number of hydrogen-bond acceptors (Lipinski definition) is 0. The van der Waals surface area contributed by atoms with E-state index < -0.39 is 0 Å². The lowest BCUT2D eigenvalue weighted by atomic mass is 9.87. The van der Waals surface area contributed by atoms with Crippen LogP contribution in [0.25, 0.3) is 0 Å². The first-order valence-electron chi connectivity index (χ1n) is 7.84. The van der Waals surface area contributed by atoms with Gasteiger partial charge in [0.2, 0.25) is 0 Å². The molecule has 2 rings (SSSR count). The summed E-state index contributed by atoms with van der Waals surface area (Å²) in [6.07, 6.45) is 2.43. The summed E-state index contributed by atoms with van der Waals surface area (Å²) in [6.45, 7) is 10.5. The zero-order chi connectivity index (χ0) is 15.0. The highest BCUT2D eigenvalue weighted by Gasteiger charge is 2.12. The SMILES string of the molecule is CC.CCCC(c1ccc(C)cc1)c1ccc(C)cc1. The Morgan fingerprint density at radius 3 is 1.35 bits per heavy atom. The van der Waals surface area contributed by atoms with Crippen LogP contribution in [0.5, 0.6) is 0 Å². The lowest BCUT2D eigenvalue weighted by molar-refractivity contribution is 0.698. The van der Waals surface area contributed by atoms with E-state index >= 15 is 0 Å². The molecule has 0 heterocycles. The highest BCUT2D eigenvalue weighted by atomic mass is 14.2. The Hall–Kier alpha value is -1.56. The van der Waals surface area contributed by atoms with Crippen molar-refractivity contribution in [3.8, 4) is 0 Å². The Bertz CT molecular complexity index is 431. The molecule has 2 aromatic rings. The molecular weight excluding hydrogens is 240 g/mol. The molecule has 0 radical (unpaired) electrons. The second-order valence-electron chi connectivity index (χ2n) is 5.16. The summed E-state index contributed by atoms with van der Waals surface area (Å²) < 4.78 is 0. The third kappa shape index (κ3) is 4.52. The zero-order valence-electron chi connectivity index (χ0n) is 13.6. The summed E-state index contributed by atoms with van der Waals surface area (Å²) in [5.74, 6) is 0.538. The van der Waals surface area contributed by atoms with Crippen molar-refractivity contribution in [2.45, 2.75) is 53.4 Å². The van der Waals surface area contributed by atoms with Crippen LogP contribution in [0, 0.1) is 13.8 Å². The molecule has 0 aliphatic rings. The lowest BCUT2D eigenvalue weighted by Crippen LogP contribution is -2.01. The maximum Gasteiger partial charge on any atom is 0.00892 e. The summed E-state index contributed by atoms with van der Waals surface area (Å²) in [6, 6.07) is 18.0. The molecule has 0 fully saturated rings. The quantitative estimate of drug-likeness (QED) is 0.613. The van der Waals surface area contributed by atoms with Crippen molar-refractivity contribution in [1.29, 1.82) is 0 Å². The summed E-state index contributed by atoms with van der Waals surface area (Å²) in [5, 5.41) is 0. The molecule has 0 N–H and O–H groups in total. The first-order chi connectivity index (χ1) is 9.70. The van der Waals surface area contributed by atoms with Crippen LogP contribution < -0.4 is 0 Å². The van der Waals surface area contributed by atoms with Crippen molar-refractivity contribution in [2.24, 2.45) is 0 Å². The van der Waals surface area contributed by atoms with Crippen molar-refractivity contribution in [1.82, 2.24) is 0 Å². The monoisotopic (exact) mass is 268 g/mol. The lowest BCUT2D eigenvalue weighted by Gasteiger charge is -2.17. The van der Waals surface area contributed by atoms with Crippen LogP contribution in [-0.4, -0.2) is 0 Å². The van der Waals surface area contributed by atoms with Gasteiger partial charge in [0, 0.05) is 5.92 Å². The van der Waals surface area contributed by atoms with E-state index in [9.17, 15) is 0 Å². The third-order valence-corrected chi connectivity index (χ3v) is 3.54. The largest absolute Gasteiger partial charge is 0.0683 e. The molecule has 0 aliphatic carbocycles. The van der Waals surface area contributed by atoms with E-state index in [4.69, 9.17) is 0 Å². The molecule has 0 saturated heterocycles. The van der Waals surface area contributed by atoms with Crippen molar-refractivity contribution in [3.05, 3.63) is 70.8 Å². The van der Waals surface area contributed by atoms with Crippen LogP contribution in [0.3, 0.4) is 0 Å². The Labute approximate surface area is 124 Å². The van der Waals surface area contributed by atoms with Crippen molar-refractivity contribution in [2.75, 3.05) is 0 Å². The Morgan fingerprint density at radius 2 is 1.05 bits per heavy atom. The highest BCUT2D eigenvalue weighted by molar-refractivity contribution is 5.35. The van der Waals surface area contributed by atoms with Crippen LogP contribution in [0.1, 0.15) is 61.8 Å². The molecule has 0 saturated carbocycles. The Morgan fingerprint density at radius 1 is 0.700 bits per heavy atom. The van der Waals surface area contributed by atoms with Gasteiger partial charge in [0.1, 0.15) is 0 Å². The smallest absolute Gasteiger partial charge is 0.00892 e. The molecule has 108 valence electrons. The van der Waals surface area contributed by atoms with E-state index in [1.54, 1.807) is 0 Å². The first-order valence-corrected chi connectivity index (χ1v) is 7.84. The predicted octanol–water partition coefficient (Wildman–Crippen LogP) is 6.26. The normalized spacial score (nSPS) is 10.1. The standard InChI is InChI=1S/C18H22.C2H6/c1-4-5-18(16-10-6-14(2)7-11-16)17-12-8-15(3)9-13-17;1-2/h6-13,18H,4-5H2,1-3H3;1-2H3. The number of rotatable bonds is 4. The van der Waals surface area contributed by atoms with Gasteiger partial charge in [-0.25, -0.2) is 0 Å². The van der Waals surface area contributed by atoms with Crippen LogP contribution in [-0.2, 0) is 0 Å². The minimum atomic E-state index is 0.538. The van der Waals surface area contributed by atoms with Gasteiger partial charge in [-0.1, -0.05) is 86.8 Å². The predicted molar refractivity (Wildman–Crippen MR) is 90.5 cm³/mol. The molecule has 20 heavy (non-hydrogen) atoms. The number of benzene rings is 2. The van der Waals surface area contributed by atoms with Gasteiger partial charge in [0.05, 0.1) is 0 Å². The molecule has 0 aromatic heterocycles. The van der Waals surface area contributed by atoms with Crippen molar-refractivity contribution in [3.63, 3.8) is 0 Å². The second kappa shape index (κ2) is 8.58. The molecule has 0 unspecified atom stereocenters. The molecule has 2 aromatic carbocycles. The molecule has 0 bridgehead atoms. The molecule has 0 aliphatic heterocycles. The van der Waals surface area contributed by atoms with Gasteiger partial charge >= 0.3 is 0 Å². The average Bonchev–Trinajstić information content (AvgIpc) is 2.49. The van der Waals surface area contributed by atoms with Gasteiger partial charge in [-0.15, -0.1) is 0 Å². The van der Waals surface area contributed by atoms with Gasteiger partial charge in [-0.2, -0.15) is 0 Å². The van der Waals surface area contributed by atoms with E-state index in [1.807, 2.05) is 13.8 Å². The Balaban J connectivity index is 0.000000956. The van der Waals surface area contributed by atoms with Gasteiger partial charge in [0.25, 0.3) is 0 Å². The molecule has 0 spiro atoms. The maximum atomic E-state index is 2.27. The average molecular weight is 268 g/mol. The fourth-order valence-electron chi connectivity index (χ4n) is 2.41. The second-order valence-corrected chi connectivity index (χ2v) is 5.16. The molecule has 0 atom stereocenters. The minimum Gasteiger partial charge on any atom is -0.0683 e. The van der Waals surface area contributed by atoms with Crippen LogP contribution in [0.4, 0.5) is 0 Å². The fourth-order valence-corrected chi connectivity index (χ4v) is 2.41. The van der Waals surface area contributed by atoms with Gasteiger partial charge in [-0.3, -0.25) is 0 Å². The number of aryl methyl sites for hydroxylation is 2. The van der Waals surface area contributed by atoms with Gasteiger partial charge in [-0.05, 0) is 31.4 Å². The highest BCUT2D eigenvalue weighted by Crippen LogP contribution is 2.29. The van der Waals surface area contributed by atoms with E-state index in [-0.39, 0.29) is 0 Å². The van der Waals surface area contributed by atoms with Crippen LogP contribution >= 0.6 is 0 Å². The summed E-state index contributed by atoms with van der Waals surface area (Å²) >= 11 is 0. The maximum absolute atomic E-state index is 2.27. The first kappa shape index (κ1) is 16.5. The molecule has 0 amide bonds. The van der Waals surface area contributed by atoms with Gasteiger partial charge in [0.15, 0.2) is 0 Å². The van der Waals surface area contributed by atoms with Crippen molar-refractivity contribution >= 4 is 0 Å². The van der Waals surface area contributed by atoms with Gasteiger partial charge < -0.3 is 0 Å². The van der Waals surface area contributed by atoms with E-state index in [1.165, 1.54) is 35.1 Å². The number of hydrogen-bond donors (Lipinski definition) is 0. The Kier molecular flexibility index (Phi) is 7.08. The molecule has 0 heteroatoms. The summed E-state index contributed by atoms with van der Waals surface area (Å²) in [7, 11) is 0.